The van der Waals surface area contributed by atoms with Crippen molar-refractivity contribution in [3.05, 3.63) is 73.1 Å². The molecule has 1 saturated heterocycles. The molecule has 0 unspecified atom stereocenters. The summed E-state index contributed by atoms with van der Waals surface area (Å²) >= 11 is 0. The monoisotopic (exact) mass is 402 g/mol. The van der Waals surface area contributed by atoms with Crippen LogP contribution in [0, 0.1) is 5.92 Å². The zero-order valence-electron chi connectivity index (χ0n) is 17.8. The molecule has 1 aliphatic heterocycles. The number of hydrogen-bond donors (Lipinski definition) is 1. The highest BCUT2D eigenvalue weighted by molar-refractivity contribution is 5.76. The number of pyridine rings is 1. The van der Waals surface area contributed by atoms with Crippen molar-refractivity contribution in [1.82, 2.24) is 14.3 Å². The second kappa shape index (κ2) is 9.18. The van der Waals surface area contributed by atoms with Crippen LogP contribution in [0.5, 0.6) is 0 Å². The maximum atomic E-state index is 5.49. The lowest BCUT2D eigenvalue weighted by Gasteiger charge is -2.23. The maximum Gasteiger partial charge on any atom is 0.138 e. The van der Waals surface area contributed by atoms with Gasteiger partial charge < -0.3 is 15.0 Å². The number of benzene rings is 1. The molecule has 0 amide bonds. The minimum Gasteiger partial charge on any atom is -0.383 e. The molecular weight excluding hydrogens is 372 g/mol. The number of anilines is 1. The molecule has 0 radical (unpaired) electrons. The van der Waals surface area contributed by atoms with Gasteiger partial charge in [-0.3, -0.25) is 4.40 Å². The van der Waals surface area contributed by atoms with Gasteiger partial charge >= 0.3 is 0 Å². The average Bonchev–Trinajstić information content (AvgIpc) is 3.21. The van der Waals surface area contributed by atoms with Crippen LogP contribution in [0.15, 0.2) is 67.5 Å². The topological polar surface area (TPSA) is 41.8 Å². The van der Waals surface area contributed by atoms with Gasteiger partial charge in [-0.15, -0.1) is 0 Å². The van der Waals surface area contributed by atoms with Crippen LogP contribution in [0.2, 0.25) is 0 Å². The van der Waals surface area contributed by atoms with E-state index in [-0.39, 0.29) is 0 Å². The van der Waals surface area contributed by atoms with Gasteiger partial charge in [-0.25, -0.2) is 4.98 Å². The Hall–Kier alpha value is -3.05. The zero-order valence-corrected chi connectivity index (χ0v) is 17.8. The number of nitrogens with one attached hydrogen (secondary N) is 1. The van der Waals surface area contributed by atoms with Gasteiger partial charge in [0.1, 0.15) is 11.5 Å². The van der Waals surface area contributed by atoms with Crippen LogP contribution < -0.4 is 5.32 Å². The predicted octanol–water partition coefficient (Wildman–Crippen LogP) is 4.93. The number of imidazole rings is 1. The molecule has 4 rings (SSSR count). The largest absolute Gasteiger partial charge is 0.383 e. The van der Waals surface area contributed by atoms with E-state index in [1.165, 1.54) is 0 Å². The summed E-state index contributed by atoms with van der Waals surface area (Å²) in [5, 5.41) is 3.65. The Kier molecular flexibility index (Phi) is 6.19. The van der Waals surface area contributed by atoms with Crippen molar-refractivity contribution in [3.8, 4) is 11.3 Å². The van der Waals surface area contributed by atoms with Crippen LogP contribution in [0.3, 0.4) is 0 Å². The molecule has 1 N–H and O–H groups in total. The summed E-state index contributed by atoms with van der Waals surface area (Å²) in [7, 11) is 4.04. The molecule has 2 aromatic heterocycles. The first-order valence-electron chi connectivity index (χ1n) is 10.6. The van der Waals surface area contributed by atoms with Crippen molar-refractivity contribution in [2.24, 2.45) is 5.92 Å². The van der Waals surface area contributed by atoms with E-state index in [0.29, 0.717) is 5.92 Å². The minimum absolute atomic E-state index is 0.654. The molecule has 0 atom stereocenters. The second-order valence-electron chi connectivity index (χ2n) is 8.01. The molecule has 5 nitrogen and oxygen atoms in total. The summed E-state index contributed by atoms with van der Waals surface area (Å²) in [6, 6.07) is 14.8. The molecule has 0 spiro atoms. The summed E-state index contributed by atoms with van der Waals surface area (Å²) < 4.78 is 7.69. The van der Waals surface area contributed by atoms with Crippen molar-refractivity contribution in [2.45, 2.75) is 12.8 Å². The van der Waals surface area contributed by atoms with E-state index in [0.717, 1.165) is 66.5 Å². The molecule has 0 saturated carbocycles. The van der Waals surface area contributed by atoms with Crippen molar-refractivity contribution < 1.29 is 4.74 Å². The summed E-state index contributed by atoms with van der Waals surface area (Å²) in [4.78, 5) is 6.67. The maximum absolute atomic E-state index is 5.49. The molecule has 5 heteroatoms. The number of aromatic nitrogens is 2. The fourth-order valence-electron chi connectivity index (χ4n) is 3.93. The van der Waals surface area contributed by atoms with E-state index >= 15 is 0 Å². The van der Waals surface area contributed by atoms with Gasteiger partial charge in [-0.2, -0.15) is 0 Å². The molecule has 1 fully saturated rings. The van der Waals surface area contributed by atoms with E-state index < -0.39 is 0 Å². The van der Waals surface area contributed by atoms with Crippen LogP contribution in [-0.4, -0.2) is 48.1 Å². The molecule has 0 aliphatic carbocycles. The van der Waals surface area contributed by atoms with E-state index in [1.54, 1.807) is 0 Å². The number of ether oxygens (including phenoxy) is 1. The average molecular weight is 403 g/mol. The lowest BCUT2D eigenvalue weighted by Crippen LogP contribution is -2.23. The third-order valence-corrected chi connectivity index (χ3v) is 5.57. The lowest BCUT2D eigenvalue weighted by molar-refractivity contribution is 0.0699. The van der Waals surface area contributed by atoms with E-state index in [2.05, 4.69) is 63.9 Å². The first-order valence-corrected chi connectivity index (χ1v) is 10.6. The number of allylic oxidation sites excluding steroid dienone is 2. The Bertz CT molecular complexity index is 1030. The number of hydrogen-bond acceptors (Lipinski definition) is 4. The number of fused-ring (bicyclic) bond motifs is 1. The Labute approximate surface area is 178 Å². The second-order valence-corrected chi connectivity index (χ2v) is 8.01. The smallest absolute Gasteiger partial charge is 0.138 e. The van der Waals surface area contributed by atoms with Gasteiger partial charge in [0.15, 0.2) is 0 Å². The zero-order chi connectivity index (χ0) is 20.9. The van der Waals surface area contributed by atoms with E-state index in [4.69, 9.17) is 4.74 Å². The molecule has 1 aliphatic rings. The van der Waals surface area contributed by atoms with Crippen LogP contribution in [0.1, 0.15) is 18.4 Å². The fraction of sp³-hybridized carbons (Fsp3) is 0.320. The molecule has 3 aromatic rings. The van der Waals surface area contributed by atoms with Gasteiger partial charge in [0, 0.05) is 45.6 Å². The van der Waals surface area contributed by atoms with Gasteiger partial charge in [0.25, 0.3) is 0 Å². The molecule has 30 heavy (non-hydrogen) atoms. The summed E-state index contributed by atoms with van der Waals surface area (Å²) in [5.41, 5.74) is 5.42. The fourth-order valence-corrected chi connectivity index (χ4v) is 3.93. The summed E-state index contributed by atoms with van der Waals surface area (Å²) in [6.45, 7) is 6.64. The lowest BCUT2D eigenvalue weighted by atomic mass is 10.0. The summed E-state index contributed by atoms with van der Waals surface area (Å²) in [5.74, 6) is 1.73. The third-order valence-electron chi connectivity index (χ3n) is 5.57. The van der Waals surface area contributed by atoms with Crippen molar-refractivity contribution in [1.29, 1.82) is 0 Å². The Morgan fingerprint density at radius 3 is 2.67 bits per heavy atom. The van der Waals surface area contributed by atoms with Gasteiger partial charge in [-0.05, 0) is 42.0 Å². The molecule has 3 heterocycles. The normalized spacial score (nSPS) is 15.3. The quantitative estimate of drug-likeness (QED) is 0.569. The highest BCUT2D eigenvalue weighted by atomic mass is 16.5. The Balaban J connectivity index is 1.62. The first-order chi connectivity index (χ1) is 14.7. The third kappa shape index (κ3) is 4.41. The first kappa shape index (κ1) is 20.2. The van der Waals surface area contributed by atoms with Crippen molar-refractivity contribution in [2.75, 3.05) is 39.2 Å². The standard InChI is InChI=1S/C25H30N4O/c1-4-20(18-28(2)3)21-8-10-22(11-9-21)23-17-27-25-7-5-6-24(29(23)25)26-16-19-12-14-30-15-13-19/h4-11,17-19,26H,1,12-16H2,2-3H3/b20-18+. The molecule has 156 valence electrons. The highest BCUT2D eigenvalue weighted by Crippen LogP contribution is 2.27. The van der Waals surface area contributed by atoms with Gasteiger partial charge in [0.2, 0.25) is 0 Å². The van der Waals surface area contributed by atoms with Crippen molar-refractivity contribution in [3.63, 3.8) is 0 Å². The Morgan fingerprint density at radius 2 is 1.97 bits per heavy atom. The number of rotatable bonds is 7. The van der Waals surface area contributed by atoms with E-state index in [9.17, 15) is 0 Å². The van der Waals surface area contributed by atoms with Crippen LogP contribution in [0.4, 0.5) is 5.82 Å². The van der Waals surface area contributed by atoms with Gasteiger partial charge in [-0.1, -0.05) is 43.0 Å². The van der Waals surface area contributed by atoms with Crippen LogP contribution in [0.25, 0.3) is 22.5 Å². The van der Waals surface area contributed by atoms with Crippen LogP contribution in [-0.2, 0) is 4.74 Å². The minimum atomic E-state index is 0.654. The Morgan fingerprint density at radius 1 is 1.20 bits per heavy atom. The SMILES string of the molecule is C=C/C(=C\N(C)C)c1ccc(-c2cnc3cccc(NCC4CCOCC4)n23)cc1. The molecule has 1 aromatic carbocycles. The molecule has 0 bridgehead atoms. The number of nitrogens with zero attached hydrogens (tertiary/aromatic N) is 3. The molecular formula is C25H30N4O. The van der Waals surface area contributed by atoms with Crippen LogP contribution >= 0.6 is 0 Å². The van der Waals surface area contributed by atoms with Crippen molar-refractivity contribution >= 4 is 17.0 Å². The highest BCUT2D eigenvalue weighted by Gasteiger charge is 2.15. The predicted molar refractivity (Wildman–Crippen MR) is 125 cm³/mol. The van der Waals surface area contributed by atoms with Gasteiger partial charge in [0.05, 0.1) is 11.9 Å². The van der Waals surface area contributed by atoms with E-state index in [1.807, 2.05) is 37.3 Å². The summed E-state index contributed by atoms with van der Waals surface area (Å²) in [6.07, 6.45) is 8.16.